The van der Waals surface area contributed by atoms with Crippen LogP contribution in [0.2, 0.25) is 0 Å². The van der Waals surface area contributed by atoms with Crippen LogP contribution in [0.4, 0.5) is 0 Å². The highest BCUT2D eigenvalue weighted by molar-refractivity contribution is 7.59. The Hall–Kier alpha value is -0.250. The first-order chi connectivity index (χ1) is 3.83. The first-order valence-electron chi connectivity index (χ1n) is 2.27. The highest BCUT2D eigenvalue weighted by atomic mass is 32.1. The molecule has 0 bridgehead atoms. The molecule has 0 fully saturated rings. The Bertz CT molecular complexity index is 47.0. The van der Waals surface area contributed by atoms with Crippen molar-refractivity contribution < 1.29 is 10.2 Å². The molecule has 0 heterocycles. The van der Waals surface area contributed by atoms with Crippen molar-refractivity contribution in [2.45, 2.75) is 0 Å². The van der Waals surface area contributed by atoms with Gasteiger partial charge in [0.25, 0.3) is 0 Å². The molecular formula is C6H14O2S. The van der Waals surface area contributed by atoms with Gasteiger partial charge in [0.1, 0.15) is 0 Å². The standard InChI is InChI=1S/2C3H6O.H2S/c2*1-2-3-4;/h2*2,4H,1,3H2;1H2. The van der Waals surface area contributed by atoms with Crippen LogP contribution in [0.25, 0.3) is 0 Å². The minimum absolute atomic E-state index is 0. The average Bonchev–Trinajstić information content (AvgIpc) is 1.88. The van der Waals surface area contributed by atoms with E-state index < -0.39 is 0 Å². The summed E-state index contributed by atoms with van der Waals surface area (Å²) in [5, 5.41) is 15.5. The quantitative estimate of drug-likeness (QED) is 0.561. The number of hydrogen-bond acceptors (Lipinski definition) is 2. The van der Waals surface area contributed by atoms with Crippen LogP contribution in [0.3, 0.4) is 0 Å². The highest BCUT2D eigenvalue weighted by Gasteiger charge is 1.45. The lowest BCUT2D eigenvalue weighted by atomic mass is 10.7. The van der Waals surface area contributed by atoms with Gasteiger partial charge in [0.15, 0.2) is 0 Å². The minimum atomic E-state index is 0. The van der Waals surface area contributed by atoms with Gasteiger partial charge in [-0.2, -0.15) is 13.5 Å². The molecule has 9 heavy (non-hydrogen) atoms. The second-order valence-corrected chi connectivity index (χ2v) is 0.942. The summed E-state index contributed by atoms with van der Waals surface area (Å²) >= 11 is 0. The van der Waals surface area contributed by atoms with Crippen molar-refractivity contribution in [3.05, 3.63) is 25.3 Å². The van der Waals surface area contributed by atoms with Crippen LogP contribution in [0.15, 0.2) is 25.3 Å². The molecule has 0 aromatic rings. The Kier molecular flexibility index (Phi) is 44.3. The molecule has 0 spiro atoms. The van der Waals surface area contributed by atoms with Crippen LogP contribution in [0.5, 0.6) is 0 Å². The van der Waals surface area contributed by atoms with Gasteiger partial charge in [-0.1, -0.05) is 12.2 Å². The lowest BCUT2D eigenvalue weighted by Gasteiger charge is -1.60. The number of aliphatic hydroxyl groups is 2. The molecular weight excluding hydrogens is 136 g/mol. The summed E-state index contributed by atoms with van der Waals surface area (Å²) in [6.07, 6.45) is 2.86. The summed E-state index contributed by atoms with van der Waals surface area (Å²) in [6, 6.07) is 0. The van der Waals surface area contributed by atoms with Crippen molar-refractivity contribution in [3.8, 4) is 0 Å². The third-order valence-electron chi connectivity index (χ3n) is 0.258. The van der Waals surface area contributed by atoms with Crippen LogP contribution in [-0.2, 0) is 0 Å². The summed E-state index contributed by atoms with van der Waals surface area (Å²) in [6.45, 7) is 6.62. The van der Waals surface area contributed by atoms with Crippen LogP contribution in [0, 0.1) is 0 Å². The Labute approximate surface area is 63.0 Å². The maximum absolute atomic E-state index is 7.76. The number of hydrogen-bond donors (Lipinski definition) is 2. The zero-order chi connectivity index (χ0) is 6.83. The van der Waals surface area contributed by atoms with Crippen molar-refractivity contribution in [3.63, 3.8) is 0 Å². The maximum atomic E-state index is 7.76. The van der Waals surface area contributed by atoms with Gasteiger partial charge in [0.2, 0.25) is 0 Å². The predicted molar refractivity (Wildman–Crippen MR) is 44.9 cm³/mol. The fraction of sp³-hybridized carbons (Fsp3) is 0.333. The summed E-state index contributed by atoms with van der Waals surface area (Å²) < 4.78 is 0. The second-order valence-electron chi connectivity index (χ2n) is 0.942. The Morgan fingerprint density at radius 3 is 1.11 bits per heavy atom. The van der Waals surface area contributed by atoms with Gasteiger partial charge in [-0.15, -0.1) is 13.2 Å². The molecule has 0 aliphatic carbocycles. The summed E-state index contributed by atoms with van der Waals surface area (Å²) in [5.74, 6) is 0. The fourth-order valence-electron chi connectivity index (χ4n) is 0. The molecule has 56 valence electrons. The second kappa shape index (κ2) is 25.1. The van der Waals surface area contributed by atoms with E-state index in [2.05, 4.69) is 13.2 Å². The molecule has 0 aromatic heterocycles. The Morgan fingerprint density at radius 2 is 1.11 bits per heavy atom. The molecule has 0 atom stereocenters. The van der Waals surface area contributed by atoms with E-state index in [1.807, 2.05) is 0 Å². The van der Waals surface area contributed by atoms with Gasteiger partial charge >= 0.3 is 0 Å². The lowest BCUT2D eigenvalue weighted by molar-refractivity contribution is 0.343. The van der Waals surface area contributed by atoms with Crippen molar-refractivity contribution in [1.82, 2.24) is 0 Å². The molecule has 0 saturated heterocycles. The Balaban J connectivity index is -0.0000000720. The lowest BCUT2D eigenvalue weighted by Crippen LogP contribution is -1.62. The van der Waals surface area contributed by atoms with E-state index in [0.717, 1.165) is 0 Å². The smallest absolute Gasteiger partial charge is 0.0609 e. The van der Waals surface area contributed by atoms with Gasteiger partial charge in [-0.25, -0.2) is 0 Å². The first kappa shape index (κ1) is 15.9. The van der Waals surface area contributed by atoms with Gasteiger partial charge in [-0.3, -0.25) is 0 Å². The molecule has 2 N–H and O–H groups in total. The van der Waals surface area contributed by atoms with E-state index >= 15 is 0 Å². The normalized spacial score (nSPS) is 5.56. The van der Waals surface area contributed by atoms with Crippen molar-refractivity contribution in [1.29, 1.82) is 0 Å². The highest BCUT2D eigenvalue weighted by Crippen LogP contribution is 1.46. The van der Waals surface area contributed by atoms with E-state index in [4.69, 9.17) is 10.2 Å². The maximum Gasteiger partial charge on any atom is 0.0609 e. The topological polar surface area (TPSA) is 40.5 Å². The third-order valence-corrected chi connectivity index (χ3v) is 0.258. The zero-order valence-electron chi connectivity index (χ0n) is 5.38. The largest absolute Gasteiger partial charge is 0.392 e. The van der Waals surface area contributed by atoms with Crippen molar-refractivity contribution >= 4 is 13.5 Å². The molecule has 2 nitrogen and oxygen atoms in total. The average molecular weight is 150 g/mol. The van der Waals surface area contributed by atoms with E-state index in [9.17, 15) is 0 Å². The molecule has 0 aliphatic rings. The SMILES string of the molecule is C=CCO.C=CCO.S. The molecule has 0 saturated carbocycles. The number of aliphatic hydroxyl groups excluding tert-OH is 2. The molecule has 0 radical (unpaired) electrons. The first-order valence-corrected chi connectivity index (χ1v) is 2.27. The number of rotatable bonds is 2. The van der Waals surface area contributed by atoms with Crippen LogP contribution in [-0.4, -0.2) is 23.4 Å². The third kappa shape index (κ3) is 83.7. The molecule has 3 heteroatoms. The van der Waals surface area contributed by atoms with Crippen LogP contribution < -0.4 is 0 Å². The Morgan fingerprint density at radius 1 is 1.00 bits per heavy atom. The van der Waals surface area contributed by atoms with Gasteiger partial charge in [0.05, 0.1) is 13.2 Å². The molecule has 0 aromatic carbocycles. The summed E-state index contributed by atoms with van der Waals surface area (Å²) in [7, 11) is 0. The summed E-state index contributed by atoms with van der Waals surface area (Å²) in [5.41, 5.74) is 0. The monoisotopic (exact) mass is 150 g/mol. The van der Waals surface area contributed by atoms with E-state index in [1.165, 1.54) is 12.2 Å². The van der Waals surface area contributed by atoms with Crippen LogP contribution in [0.1, 0.15) is 0 Å². The van der Waals surface area contributed by atoms with Gasteiger partial charge in [0, 0.05) is 0 Å². The van der Waals surface area contributed by atoms with Crippen molar-refractivity contribution in [2.24, 2.45) is 0 Å². The van der Waals surface area contributed by atoms with Crippen molar-refractivity contribution in [2.75, 3.05) is 13.2 Å². The molecule has 0 unspecified atom stereocenters. The zero-order valence-corrected chi connectivity index (χ0v) is 6.38. The van der Waals surface area contributed by atoms with E-state index in [-0.39, 0.29) is 26.7 Å². The predicted octanol–water partition coefficient (Wildman–Crippen LogP) is 0.442. The van der Waals surface area contributed by atoms with Gasteiger partial charge < -0.3 is 10.2 Å². The van der Waals surface area contributed by atoms with E-state index in [1.54, 1.807) is 0 Å². The molecule has 0 amide bonds. The summed E-state index contributed by atoms with van der Waals surface area (Å²) in [4.78, 5) is 0. The van der Waals surface area contributed by atoms with Crippen LogP contribution >= 0.6 is 13.5 Å². The molecule has 0 aliphatic heterocycles. The van der Waals surface area contributed by atoms with E-state index in [0.29, 0.717) is 0 Å². The fourth-order valence-corrected chi connectivity index (χ4v) is 0. The minimum Gasteiger partial charge on any atom is -0.392 e. The molecule has 0 rings (SSSR count). The van der Waals surface area contributed by atoms with Gasteiger partial charge in [-0.05, 0) is 0 Å².